The first-order chi connectivity index (χ1) is 13.0. The van der Waals surface area contributed by atoms with Crippen molar-refractivity contribution < 1.29 is 14.1 Å². The summed E-state index contributed by atoms with van der Waals surface area (Å²) in [6.07, 6.45) is 5.35. The van der Waals surface area contributed by atoms with Gasteiger partial charge in [0.25, 0.3) is 5.91 Å². The highest BCUT2D eigenvalue weighted by Crippen LogP contribution is 2.34. The molecule has 27 heavy (non-hydrogen) atoms. The van der Waals surface area contributed by atoms with Gasteiger partial charge in [0.1, 0.15) is 0 Å². The van der Waals surface area contributed by atoms with E-state index in [0.29, 0.717) is 23.8 Å². The third kappa shape index (κ3) is 3.74. The largest absolute Gasteiger partial charge is 0.381 e. The van der Waals surface area contributed by atoms with E-state index in [1.54, 1.807) is 6.20 Å². The monoisotopic (exact) mass is 370 g/mol. The molecule has 0 radical (unpaired) electrons. The first kappa shape index (κ1) is 18.1. The number of amides is 1. The molecule has 2 saturated heterocycles. The first-order valence-corrected chi connectivity index (χ1v) is 9.69. The summed E-state index contributed by atoms with van der Waals surface area (Å²) in [4.78, 5) is 23.8. The Labute approximate surface area is 159 Å². The van der Waals surface area contributed by atoms with Gasteiger partial charge in [0.2, 0.25) is 5.89 Å². The Morgan fingerprint density at radius 3 is 2.85 bits per heavy atom. The molecule has 7 heteroatoms. The number of ether oxygens (including phenoxy) is 1. The average molecular weight is 370 g/mol. The lowest BCUT2D eigenvalue weighted by Crippen LogP contribution is -2.47. The van der Waals surface area contributed by atoms with Gasteiger partial charge in [0.15, 0.2) is 5.82 Å². The number of nitrogens with zero attached hydrogens (tertiary/aromatic N) is 4. The number of aryl methyl sites for hydroxylation is 1. The zero-order chi connectivity index (χ0) is 18.9. The van der Waals surface area contributed by atoms with Crippen LogP contribution in [0.15, 0.2) is 22.9 Å². The van der Waals surface area contributed by atoms with Gasteiger partial charge in [-0.15, -0.1) is 0 Å². The van der Waals surface area contributed by atoms with Crippen LogP contribution in [0.2, 0.25) is 0 Å². The van der Waals surface area contributed by atoms with Gasteiger partial charge < -0.3 is 14.2 Å². The minimum atomic E-state index is -0.293. The number of piperidine rings is 1. The zero-order valence-electron chi connectivity index (χ0n) is 16.0. The fourth-order valence-electron chi connectivity index (χ4n) is 3.96. The standard InChI is InChI=1S/C20H26N4O3/c1-14-4-5-16(12-21-14)18(25)24-9-3-8-20(2,13-24)19-22-17(27-23-19)15-6-10-26-11-7-15/h4-5,12,15H,3,6-11,13H2,1-2H3. The van der Waals surface area contributed by atoms with Crippen molar-refractivity contribution in [3.8, 4) is 0 Å². The van der Waals surface area contributed by atoms with E-state index >= 15 is 0 Å². The van der Waals surface area contributed by atoms with E-state index in [-0.39, 0.29) is 17.2 Å². The van der Waals surface area contributed by atoms with Crippen molar-refractivity contribution in [2.75, 3.05) is 26.3 Å². The van der Waals surface area contributed by atoms with Crippen LogP contribution in [0.4, 0.5) is 0 Å². The molecule has 0 bridgehead atoms. The van der Waals surface area contributed by atoms with Crippen LogP contribution >= 0.6 is 0 Å². The van der Waals surface area contributed by atoms with Gasteiger partial charge in [-0.3, -0.25) is 9.78 Å². The number of carbonyl (C=O) groups excluding carboxylic acids is 1. The second kappa shape index (κ2) is 7.38. The van der Waals surface area contributed by atoms with Crippen molar-refractivity contribution in [3.63, 3.8) is 0 Å². The molecule has 0 aromatic carbocycles. The van der Waals surface area contributed by atoms with Crippen LogP contribution in [0.25, 0.3) is 0 Å². The molecule has 1 atom stereocenters. The van der Waals surface area contributed by atoms with Gasteiger partial charge in [-0.1, -0.05) is 12.1 Å². The second-order valence-electron chi connectivity index (χ2n) is 7.92. The van der Waals surface area contributed by atoms with Crippen molar-refractivity contribution in [1.29, 1.82) is 0 Å². The molecule has 0 N–H and O–H groups in total. The van der Waals surface area contributed by atoms with Gasteiger partial charge in [-0.25, -0.2) is 0 Å². The minimum Gasteiger partial charge on any atom is -0.381 e. The number of pyridine rings is 1. The highest BCUT2D eigenvalue weighted by Gasteiger charge is 2.39. The van der Waals surface area contributed by atoms with Crippen LogP contribution in [-0.4, -0.2) is 52.2 Å². The third-order valence-electron chi connectivity index (χ3n) is 5.69. The molecule has 0 aliphatic carbocycles. The quantitative estimate of drug-likeness (QED) is 0.826. The SMILES string of the molecule is Cc1ccc(C(=O)N2CCCC(C)(c3noc(C4CCOCC4)n3)C2)cn1. The van der Waals surface area contributed by atoms with Crippen molar-refractivity contribution in [1.82, 2.24) is 20.0 Å². The number of hydrogen-bond donors (Lipinski definition) is 0. The van der Waals surface area contributed by atoms with Crippen LogP contribution < -0.4 is 0 Å². The van der Waals surface area contributed by atoms with E-state index < -0.39 is 0 Å². The van der Waals surface area contributed by atoms with Crippen molar-refractivity contribution in [2.45, 2.75) is 50.9 Å². The van der Waals surface area contributed by atoms with E-state index in [9.17, 15) is 4.79 Å². The van der Waals surface area contributed by atoms with Gasteiger partial charge in [0.05, 0.1) is 5.56 Å². The molecule has 2 fully saturated rings. The molecule has 4 rings (SSSR count). The van der Waals surface area contributed by atoms with Gasteiger partial charge >= 0.3 is 0 Å². The summed E-state index contributed by atoms with van der Waals surface area (Å²) in [5.41, 5.74) is 1.24. The Morgan fingerprint density at radius 1 is 1.30 bits per heavy atom. The van der Waals surface area contributed by atoms with E-state index in [0.717, 1.165) is 51.1 Å². The summed E-state index contributed by atoms with van der Waals surface area (Å²) >= 11 is 0. The lowest BCUT2D eigenvalue weighted by atomic mass is 9.81. The molecule has 2 aliphatic heterocycles. The van der Waals surface area contributed by atoms with Gasteiger partial charge in [-0.05, 0) is 44.7 Å². The maximum atomic E-state index is 12.9. The Morgan fingerprint density at radius 2 is 2.11 bits per heavy atom. The van der Waals surface area contributed by atoms with Crippen LogP contribution in [-0.2, 0) is 10.2 Å². The molecular weight excluding hydrogens is 344 g/mol. The van der Waals surface area contributed by atoms with Crippen LogP contribution in [0.5, 0.6) is 0 Å². The molecule has 4 heterocycles. The number of likely N-dealkylation sites (tertiary alicyclic amines) is 1. The summed E-state index contributed by atoms with van der Waals surface area (Å²) in [6.45, 7) is 6.86. The lowest BCUT2D eigenvalue weighted by molar-refractivity contribution is 0.0641. The number of hydrogen-bond acceptors (Lipinski definition) is 6. The van der Waals surface area contributed by atoms with Crippen LogP contribution in [0.3, 0.4) is 0 Å². The second-order valence-corrected chi connectivity index (χ2v) is 7.92. The van der Waals surface area contributed by atoms with E-state index in [2.05, 4.69) is 17.1 Å². The van der Waals surface area contributed by atoms with Crippen LogP contribution in [0, 0.1) is 6.92 Å². The zero-order valence-corrected chi connectivity index (χ0v) is 16.0. The van der Waals surface area contributed by atoms with Gasteiger partial charge in [-0.2, -0.15) is 4.98 Å². The smallest absolute Gasteiger partial charge is 0.255 e. The summed E-state index contributed by atoms with van der Waals surface area (Å²) in [6, 6.07) is 3.71. The normalized spacial score (nSPS) is 24.1. The molecule has 144 valence electrons. The lowest BCUT2D eigenvalue weighted by Gasteiger charge is -2.38. The fourth-order valence-corrected chi connectivity index (χ4v) is 3.96. The highest BCUT2D eigenvalue weighted by atomic mass is 16.5. The number of rotatable bonds is 3. The van der Waals surface area contributed by atoms with E-state index in [4.69, 9.17) is 14.2 Å². The van der Waals surface area contributed by atoms with Crippen LogP contribution in [0.1, 0.15) is 66.3 Å². The topological polar surface area (TPSA) is 81.4 Å². The van der Waals surface area contributed by atoms with E-state index in [1.807, 2.05) is 24.0 Å². The molecule has 2 aliphatic rings. The molecule has 0 saturated carbocycles. The van der Waals surface area contributed by atoms with E-state index in [1.165, 1.54) is 0 Å². The Hall–Kier alpha value is -2.28. The summed E-state index contributed by atoms with van der Waals surface area (Å²) in [5, 5.41) is 4.29. The third-order valence-corrected chi connectivity index (χ3v) is 5.69. The van der Waals surface area contributed by atoms with Crippen molar-refractivity contribution in [2.24, 2.45) is 0 Å². The predicted molar refractivity (Wildman–Crippen MR) is 98.6 cm³/mol. The molecule has 2 aromatic heterocycles. The van der Waals surface area contributed by atoms with Crippen molar-refractivity contribution >= 4 is 5.91 Å². The maximum absolute atomic E-state index is 12.9. The maximum Gasteiger partial charge on any atom is 0.255 e. The first-order valence-electron chi connectivity index (χ1n) is 9.69. The van der Waals surface area contributed by atoms with Crippen molar-refractivity contribution in [3.05, 3.63) is 41.3 Å². The molecule has 1 unspecified atom stereocenters. The molecular formula is C20H26N4O3. The summed E-state index contributed by atoms with van der Waals surface area (Å²) < 4.78 is 11.0. The predicted octanol–water partition coefficient (Wildman–Crippen LogP) is 2.86. The highest BCUT2D eigenvalue weighted by molar-refractivity contribution is 5.94. The summed E-state index contributed by atoms with van der Waals surface area (Å²) in [7, 11) is 0. The fraction of sp³-hybridized carbons (Fsp3) is 0.600. The Bertz CT molecular complexity index is 798. The summed E-state index contributed by atoms with van der Waals surface area (Å²) in [5.74, 6) is 1.72. The minimum absolute atomic E-state index is 0.0153. The van der Waals surface area contributed by atoms with Gasteiger partial charge in [0, 0.05) is 49.5 Å². The number of carbonyl (C=O) groups is 1. The molecule has 1 amide bonds. The average Bonchev–Trinajstić information content (AvgIpc) is 3.20. The Balaban J connectivity index is 1.50. The molecule has 0 spiro atoms. The molecule has 2 aromatic rings. The number of aromatic nitrogens is 3. The molecule has 7 nitrogen and oxygen atoms in total. The Kier molecular flexibility index (Phi) is 4.95.